The molecule has 3 aromatic rings. The van der Waals surface area contributed by atoms with Crippen molar-refractivity contribution in [3.8, 4) is 5.75 Å². The van der Waals surface area contributed by atoms with Crippen LogP contribution in [-0.4, -0.2) is 17.0 Å². The fourth-order valence-corrected chi connectivity index (χ4v) is 2.95. The molecule has 0 radical (unpaired) electrons. The van der Waals surface area contributed by atoms with Crippen molar-refractivity contribution in [1.82, 2.24) is 4.98 Å². The Balaban J connectivity index is 1.68. The molecule has 0 fully saturated rings. The van der Waals surface area contributed by atoms with Gasteiger partial charge in [-0.3, -0.25) is 10.1 Å². The van der Waals surface area contributed by atoms with Crippen molar-refractivity contribution in [2.45, 2.75) is 13.0 Å². The van der Waals surface area contributed by atoms with Gasteiger partial charge in [0.05, 0.1) is 10.2 Å². The van der Waals surface area contributed by atoms with Gasteiger partial charge in [0.2, 0.25) is 0 Å². The largest absolute Gasteiger partial charge is 0.481 e. The molecular weight excluding hydrogens is 339 g/mol. The summed E-state index contributed by atoms with van der Waals surface area (Å²) in [4.78, 5) is 16.4. The molecule has 0 saturated carbocycles. The van der Waals surface area contributed by atoms with Gasteiger partial charge in [-0.2, -0.15) is 0 Å². The summed E-state index contributed by atoms with van der Waals surface area (Å²) >= 11 is 7.01. The van der Waals surface area contributed by atoms with Crippen molar-refractivity contribution >= 4 is 44.2 Å². The van der Waals surface area contributed by atoms with E-state index in [9.17, 15) is 9.18 Å². The van der Waals surface area contributed by atoms with E-state index in [1.807, 2.05) is 0 Å². The van der Waals surface area contributed by atoms with Crippen LogP contribution < -0.4 is 10.1 Å². The molecule has 0 saturated heterocycles. The molecule has 1 amide bonds. The zero-order valence-corrected chi connectivity index (χ0v) is 13.6. The molecule has 0 aliphatic heterocycles. The number of carbonyl (C=O) groups excluding carboxylic acids is 1. The Hall–Kier alpha value is -2.18. The number of halogens is 2. The third kappa shape index (κ3) is 3.78. The molecule has 23 heavy (non-hydrogen) atoms. The van der Waals surface area contributed by atoms with Crippen LogP contribution in [0.25, 0.3) is 10.2 Å². The van der Waals surface area contributed by atoms with E-state index in [4.69, 9.17) is 16.3 Å². The second-order valence-corrected chi connectivity index (χ2v) is 6.30. The zero-order chi connectivity index (χ0) is 16.4. The summed E-state index contributed by atoms with van der Waals surface area (Å²) in [6.07, 6.45) is -0.708. The van der Waals surface area contributed by atoms with E-state index in [1.54, 1.807) is 37.3 Å². The average molecular weight is 351 g/mol. The lowest BCUT2D eigenvalue weighted by molar-refractivity contribution is -0.122. The van der Waals surface area contributed by atoms with E-state index in [1.165, 1.54) is 23.5 Å². The summed E-state index contributed by atoms with van der Waals surface area (Å²) in [5.74, 6) is -0.124. The van der Waals surface area contributed by atoms with Crippen molar-refractivity contribution in [2.24, 2.45) is 0 Å². The van der Waals surface area contributed by atoms with Gasteiger partial charge >= 0.3 is 0 Å². The first-order chi connectivity index (χ1) is 11.0. The highest BCUT2D eigenvalue weighted by molar-refractivity contribution is 7.22. The fraction of sp³-hybridized carbons (Fsp3) is 0.125. The van der Waals surface area contributed by atoms with Crippen LogP contribution in [-0.2, 0) is 4.79 Å². The molecule has 1 atom stereocenters. The Morgan fingerprint density at radius 3 is 2.78 bits per heavy atom. The first-order valence-electron chi connectivity index (χ1n) is 6.80. The molecule has 0 aliphatic rings. The molecule has 4 nitrogen and oxygen atoms in total. The summed E-state index contributed by atoms with van der Waals surface area (Å²) < 4.78 is 19.4. The van der Waals surface area contributed by atoms with Crippen molar-refractivity contribution in [3.05, 3.63) is 53.3 Å². The number of anilines is 1. The Bertz CT molecular complexity index is 851. The molecule has 0 bridgehead atoms. The molecule has 0 unspecified atom stereocenters. The molecular formula is C16H12ClFN2O2S. The number of nitrogens with zero attached hydrogens (tertiary/aromatic N) is 1. The van der Waals surface area contributed by atoms with E-state index in [-0.39, 0.29) is 11.7 Å². The van der Waals surface area contributed by atoms with Crippen LogP contribution >= 0.6 is 22.9 Å². The minimum atomic E-state index is -0.708. The third-order valence-corrected chi connectivity index (χ3v) is 4.26. The van der Waals surface area contributed by atoms with Gasteiger partial charge < -0.3 is 4.74 Å². The van der Waals surface area contributed by atoms with Gasteiger partial charge in [-0.15, -0.1) is 0 Å². The third-order valence-electron chi connectivity index (χ3n) is 3.08. The van der Waals surface area contributed by atoms with Gasteiger partial charge in [-0.1, -0.05) is 22.9 Å². The Morgan fingerprint density at radius 2 is 2.04 bits per heavy atom. The standard InChI is InChI=1S/C16H12ClFN2O2S/c1-9(22-12-5-2-10(17)3-6-12)15(21)20-16-19-13-7-4-11(18)8-14(13)23-16/h2-9H,1H3,(H,19,20,21)/t9-/m0/s1. The smallest absolute Gasteiger partial charge is 0.266 e. The maximum absolute atomic E-state index is 13.2. The van der Waals surface area contributed by atoms with E-state index >= 15 is 0 Å². The van der Waals surface area contributed by atoms with Gasteiger partial charge in [0.25, 0.3) is 5.91 Å². The van der Waals surface area contributed by atoms with Crippen molar-refractivity contribution < 1.29 is 13.9 Å². The quantitative estimate of drug-likeness (QED) is 0.754. The highest BCUT2D eigenvalue weighted by atomic mass is 35.5. The molecule has 0 aliphatic carbocycles. The summed E-state index contributed by atoms with van der Waals surface area (Å²) in [7, 11) is 0. The number of fused-ring (bicyclic) bond motifs is 1. The van der Waals surface area contributed by atoms with Gasteiger partial charge in [0.15, 0.2) is 11.2 Å². The number of benzene rings is 2. The van der Waals surface area contributed by atoms with E-state index in [2.05, 4.69) is 10.3 Å². The number of ether oxygens (including phenoxy) is 1. The first kappa shape index (κ1) is 15.7. The maximum atomic E-state index is 13.2. The summed E-state index contributed by atoms with van der Waals surface area (Å²) in [6, 6.07) is 11.0. The van der Waals surface area contributed by atoms with E-state index < -0.39 is 6.10 Å². The van der Waals surface area contributed by atoms with Crippen LogP contribution in [0, 0.1) is 5.82 Å². The molecule has 3 rings (SSSR count). The van der Waals surface area contributed by atoms with E-state index in [0.29, 0.717) is 26.1 Å². The minimum absolute atomic E-state index is 0.334. The number of aromatic nitrogens is 1. The van der Waals surface area contributed by atoms with Crippen molar-refractivity contribution in [2.75, 3.05) is 5.32 Å². The monoisotopic (exact) mass is 350 g/mol. The Labute approximate surface area is 140 Å². The maximum Gasteiger partial charge on any atom is 0.266 e. The summed E-state index contributed by atoms with van der Waals surface area (Å²) in [5.41, 5.74) is 0.637. The number of rotatable bonds is 4. The highest BCUT2D eigenvalue weighted by Crippen LogP contribution is 2.26. The summed E-state index contributed by atoms with van der Waals surface area (Å²) in [6.45, 7) is 1.64. The van der Waals surface area contributed by atoms with Crippen LogP contribution in [0.2, 0.25) is 5.02 Å². The predicted molar refractivity (Wildman–Crippen MR) is 89.7 cm³/mol. The van der Waals surface area contributed by atoms with Crippen LogP contribution in [0.4, 0.5) is 9.52 Å². The SMILES string of the molecule is C[C@H](Oc1ccc(Cl)cc1)C(=O)Nc1nc2ccc(F)cc2s1. The predicted octanol–water partition coefficient (Wildman–Crippen LogP) is 4.49. The van der Waals surface area contributed by atoms with Crippen LogP contribution in [0.3, 0.4) is 0 Å². The van der Waals surface area contributed by atoms with E-state index in [0.717, 1.165) is 0 Å². The summed E-state index contributed by atoms with van der Waals surface area (Å²) in [5, 5.41) is 3.68. The van der Waals surface area contributed by atoms with Crippen molar-refractivity contribution in [1.29, 1.82) is 0 Å². The lowest BCUT2D eigenvalue weighted by Crippen LogP contribution is -2.30. The molecule has 1 aromatic heterocycles. The number of thiazole rings is 1. The van der Waals surface area contributed by atoms with Crippen LogP contribution in [0.15, 0.2) is 42.5 Å². The molecule has 1 heterocycles. The van der Waals surface area contributed by atoms with Gasteiger partial charge in [-0.25, -0.2) is 9.37 Å². The topological polar surface area (TPSA) is 51.2 Å². The lowest BCUT2D eigenvalue weighted by atomic mass is 10.3. The molecule has 118 valence electrons. The second-order valence-electron chi connectivity index (χ2n) is 4.83. The van der Waals surface area contributed by atoms with Gasteiger partial charge in [0, 0.05) is 5.02 Å². The number of hydrogen-bond donors (Lipinski definition) is 1. The highest BCUT2D eigenvalue weighted by Gasteiger charge is 2.17. The first-order valence-corrected chi connectivity index (χ1v) is 8.00. The molecule has 7 heteroatoms. The van der Waals surface area contributed by atoms with Crippen LogP contribution in [0.1, 0.15) is 6.92 Å². The second kappa shape index (κ2) is 6.52. The normalized spacial score (nSPS) is 12.1. The minimum Gasteiger partial charge on any atom is -0.481 e. The Morgan fingerprint density at radius 1 is 1.30 bits per heavy atom. The number of nitrogens with one attached hydrogen (secondary N) is 1. The molecule has 0 spiro atoms. The van der Waals surface area contributed by atoms with Gasteiger partial charge in [-0.05, 0) is 49.4 Å². The molecule has 2 aromatic carbocycles. The number of amides is 1. The fourth-order valence-electron chi connectivity index (χ4n) is 1.93. The zero-order valence-electron chi connectivity index (χ0n) is 12.0. The van der Waals surface area contributed by atoms with Crippen molar-refractivity contribution in [3.63, 3.8) is 0 Å². The molecule has 1 N–H and O–H groups in total. The van der Waals surface area contributed by atoms with Crippen LogP contribution in [0.5, 0.6) is 5.75 Å². The number of hydrogen-bond acceptors (Lipinski definition) is 4. The number of carbonyl (C=O) groups is 1. The Kier molecular flexibility index (Phi) is 4.45. The van der Waals surface area contributed by atoms with Gasteiger partial charge in [0.1, 0.15) is 11.6 Å². The average Bonchev–Trinajstić information content (AvgIpc) is 2.90. The lowest BCUT2D eigenvalue weighted by Gasteiger charge is -2.13.